The average molecular weight is 442 g/mol. The Labute approximate surface area is 178 Å². The van der Waals surface area contributed by atoms with Crippen LogP contribution in [0, 0.1) is 11.2 Å². The van der Waals surface area contributed by atoms with E-state index in [2.05, 4.69) is 0 Å². The molecule has 0 fully saturated rings. The lowest BCUT2D eigenvalue weighted by molar-refractivity contribution is -0.138. The number of rotatable bonds is 4. The van der Waals surface area contributed by atoms with Crippen LogP contribution in [0.2, 0.25) is 5.02 Å². The first kappa shape index (κ1) is 22.6. The van der Waals surface area contributed by atoms with Crippen LogP contribution < -0.4 is 4.90 Å². The third-order valence-corrected chi connectivity index (χ3v) is 5.47. The Balaban J connectivity index is 1.94. The maximum atomic E-state index is 13.8. The Hall–Kier alpha value is -2.08. The van der Waals surface area contributed by atoms with Gasteiger partial charge in [0.05, 0.1) is 5.56 Å². The van der Waals surface area contributed by atoms with Crippen molar-refractivity contribution in [3.63, 3.8) is 0 Å². The normalized spacial score (nSPS) is 14.6. The largest absolute Gasteiger partial charge is 0.416 e. The Morgan fingerprint density at radius 2 is 1.80 bits per heavy atom. The molecule has 1 heterocycles. The molecule has 0 saturated heterocycles. The fourth-order valence-corrected chi connectivity index (χ4v) is 4.12. The monoisotopic (exact) mass is 441 g/mol. The van der Waals surface area contributed by atoms with E-state index < -0.39 is 11.7 Å². The van der Waals surface area contributed by atoms with Crippen LogP contribution in [0.25, 0.3) is 0 Å². The van der Waals surface area contributed by atoms with Gasteiger partial charge < -0.3 is 4.90 Å². The smallest absolute Gasteiger partial charge is 0.367 e. The maximum absolute atomic E-state index is 13.8. The molecule has 0 radical (unpaired) electrons. The lowest BCUT2D eigenvalue weighted by atomic mass is 9.87. The van der Waals surface area contributed by atoms with Crippen molar-refractivity contribution in [3.05, 3.63) is 63.4 Å². The molecule has 2 aromatic carbocycles. The average Bonchev–Trinajstić information content (AvgIpc) is 2.60. The molecule has 1 aliphatic rings. The summed E-state index contributed by atoms with van der Waals surface area (Å²) in [5.74, 6) is -0.664. The summed E-state index contributed by atoms with van der Waals surface area (Å²) in [5, 5.41) is -0.0767. The molecule has 0 spiro atoms. The minimum absolute atomic E-state index is 0.0767. The van der Waals surface area contributed by atoms with Gasteiger partial charge in [-0.1, -0.05) is 38.4 Å². The van der Waals surface area contributed by atoms with Crippen molar-refractivity contribution in [2.45, 2.75) is 52.8 Å². The molecule has 30 heavy (non-hydrogen) atoms. The summed E-state index contributed by atoms with van der Waals surface area (Å²) in [5.41, 5.74) is 0.643. The van der Waals surface area contributed by atoms with Crippen molar-refractivity contribution in [2.24, 2.45) is 5.41 Å². The lowest BCUT2D eigenvalue weighted by Gasteiger charge is -2.32. The molecule has 0 unspecified atom stereocenters. The van der Waals surface area contributed by atoms with E-state index in [9.17, 15) is 22.4 Å². The number of alkyl halides is 3. The van der Waals surface area contributed by atoms with E-state index in [0.717, 1.165) is 17.2 Å². The number of hydrogen-bond acceptors (Lipinski definition) is 2. The molecule has 0 aromatic heterocycles. The summed E-state index contributed by atoms with van der Waals surface area (Å²) < 4.78 is 55.0. The quantitative estimate of drug-likeness (QED) is 0.497. The minimum atomic E-state index is -4.64. The topological polar surface area (TPSA) is 20.3 Å². The molecular weight excluding hydrogens is 418 g/mol. The van der Waals surface area contributed by atoms with Gasteiger partial charge in [-0.3, -0.25) is 4.79 Å². The van der Waals surface area contributed by atoms with E-state index in [1.165, 1.54) is 18.2 Å². The fraction of sp³-hybridized carbons (Fsp3) is 0.435. The van der Waals surface area contributed by atoms with Crippen molar-refractivity contribution in [3.8, 4) is 0 Å². The zero-order valence-electron chi connectivity index (χ0n) is 17.2. The maximum Gasteiger partial charge on any atom is 0.416 e. The number of benzene rings is 2. The zero-order valence-corrected chi connectivity index (χ0v) is 17.9. The van der Waals surface area contributed by atoms with Gasteiger partial charge in [0, 0.05) is 36.6 Å². The summed E-state index contributed by atoms with van der Waals surface area (Å²) in [4.78, 5) is 14.1. The molecule has 0 bridgehead atoms. The van der Waals surface area contributed by atoms with Gasteiger partial charge in [0.15, 0.2) is 0 Å². The SMILES string of the molecule is CC(C)(C)CC(=O)Cc1c(Cl)cc(N2CCc3ccc(F)cc3C2)cc1C(F)(F)F. The first-order valence-electron chi connectivity index (χ1n) is 9.77. The van der Waals surface area contributed by atoms with Crippen molar-refractivity contribution in [1.29, 1.82) is 0 Å². The molecule has 0 saturated carbocycles. The van der Waals surface area contributed by atoms with Gasteiger partial charge in [0.1, 0.15) is 11.6 Å². The van der Waals surface area contributed by atoms with Gasteiger partial charge in [0.25, 0.3) is 0 Å². The van der Waals surface area contributed by atoms with E-state index in [0.29, 0.717) is 25.2 Å². The highest BCUT2D eigenvalue weighted by Gasteiger charge is 2.36. The number of anilines is 1. The van der Waals surface area contributed by atoms with Crippen LogP contribution in [0.4, 0.5) is 23.2 Å². The van der Waals surface area contributed by atoms with Crippen LogP contribution in [-0.4, -0.2) is 12.3 Å². The highest BCUT2D eigenvalue weighted by Crippen LogP contribution is 2.40. The van der Waals surface area contributed by atoms with Crippen LogP contribution >= 0.6 is 11.6 Å². The van der Waals surface area contributed by atoms with E-state index in [4.69, 9.17) is 11.6 Å². The number of carbonyl (C=O) groups is 1. The van der Waals surface area contributed by atoms with E-state index in [-0.39, 0.29) is 40.4 Å². The van der Waals surface area contributed by atoms with Gasteiger partial charge >= 0.3 is 6.18 Å². The molecule has 2 aromatic rings. The molecule has 0 aliphatic carbocycles. The molecule has 1 aliphatic heterocycles. The van der Waals surface area contributed by atoms with Crippen molar-refractivity contribution in [1.82, 2.24) is 0 Å². The number of ketones is 1. The summed E-state index contributed by atoms with van der Waals surface area (Å²) >= 11 is 6.26. The number of carbonyl (C=O) groups excluding carboxylic acids is 1. The van der Waals surface area contributed by atoms with E-state index in [1.807, 2.05) is 20.8 Å². The van der Waals surface area contributed by atoms with Crippen LogP contribution in [0.5, 0.6) is 0 Å². The number of halogens is 5. The number of Topliss-reactive ketones (excluding diaryl/α,β-unsaturated/α-hetero) is 1. The fourth-order valence-electron chi connectivity index (χ4n) is 3.83. The molecular formula is C23H24ClF4NO. The third kappa shape index (κ3) is 5.34. The van der Waals surface area contributed by atoms with Crippen LogP contribution in [0.15, 0.2) is 30.3 Å². The predicted molar refractivity (Wildman–Crippen MR) is 110 cm³/mol. The lowest BCUT2D eigenvalue weighted by Crippen LogP contribution is -2.31. The molecule has 162 valence electrons. The molecule has 0 atom stereocenters. The Morgan fingerprint density at radius 1 is 1.10 bits per heavy atom. The van der Waals surface area contributed by atoms with E-state index >= 15 is 0 Å². The van der Waals surface area contributed by atoms with Gasteiger partial charge in [-0.05, 0) is 52.8 Å². The molecule has 0 N–H and O–H groups in total. The predicted octanol–water partition coefficient (Wildman–Crippen LogP) is 6.61. The molecule has 2 nitrogen and oxygen atoms in total. The Kier molecular flexibility index (Phi) is 6.19. The summed E-state index contributed by atoms with van der Waals surface area (Å²) in [6, 6.07) is 7.03. The number of hydrogen-bond donors (Lipinski definition) is 0. The number of fused-ring (bicyclic) bond motifs is 1. The molecule has 7 heteroatoms. The second kappa shape index (κ2) is 8.22. The standard InChI is InChI=1S/C23H24ClF4NO/c1-22(2,3)12-18(30)11-19-20(23(26,27)28)9-17(10-21(19)24)29-7-6-14-4-5-16(25)8-15(14)13-29/h4-5,8-10H,6-7,11-13H2,1-3H3. The van der Waals surface area contributed by atoms with Gasteiger partial charge in [-0.25, -0.2) is 4.39 Å². The summed E-state index contributed by atoms with van der Waals surface area (Å²) in [6.45, 7) is 6.36. The van der Waals surface area contributed by atoms with E-state index in [1.54, 1.807) is 11.0 Å². The highest BCUT2D eigenvalue weighted by molar-refractivity contribution is 6.32. The highest BCUT2D eigenvalue weighted by atomic mass is 35.5. The summed E-state index contributed by atoms with van der Waals surface area (Å²) in [7, 11) is 0. The van der Waals surface area contributed by atoms with Crippen molar-refractivity contribution < 1.29 is 22.4 Å². The van der Waals surface area contributed by atoms with Crippen molar-refractivity contribution >= 4 is 23.1 Å². The van der Waals surface area contributed by atoms with Gasteiger partial charge in [0.2, 0.25) is 0 Å². The second-order valence-corrected chi connectivity index (χ2v) is 9.40. The Morgan fingerprint density at radius 3 is 2.43 bits per heavy atom. The first-order valence-corrected chi connectivity index (χ1v) is 10.1. The van der Waals surface area contributed by atoms with Gasteiger partial charge in [-0.15, -0.1) is 0 Å². The van der Waals surface area contributed by atoms with Crippen LogP contribution in [-0.2, 0) is 30.4 Å². The summed E-state index contributed by atoms with van der Waals surface area (Å²) in [6.07, 6.45) is -4.24. The van der Waals surface area contributed by atoms with Crippen LogP contribution in [0.1, 0.15) is 49.4 Å². The molecule has 3 rings (SSSR count). The van der Waals surface area contributed by atoms with Gasteiger partial charge in [-0.2, -0.15) is 13.2 Å². The number of nitrogens with zero attached hydrogens (tertiary/aromatic N) is 1. The first-order chi connectivity index (χ1) is 13.8. The molecule has 0 amide bonds. The third-order valence-electron chi connectivity index (χ3n) is 5.13. The van der Waals surface area contributed by atoms with Crippen molar-refractivity contribution in [2.75, 3.05) is 11.4 Å². The van der Waals surface area contributed by atoms with Crippen LogP contribution in [0.3, 0.4) is 0 Å². The Bertz CT molecular complexity index is 963. The second-order valence-electron chi connectivity index (χ2n) is 8.99. The minimum Gasteiger partial charge on any atom is -0.367 e. The zero-order chi connectivity index (χ0) is 22.3.